The zero-order valence-electron chi connectivity index (χ0n) is 15.2. The average Bonchev–Trinajstić information content (AvgIpc) is 3.25. The van der Waals surface area contributed by atoms with Crippen molar-refractivity contribution in [1.29, 1.82) is 0 Å². The van der Waals surface area contributed by atoms with Gasteiger partial charge in [-0.1, -0.05) is 18.2 Å². The highest BCUT2D eigenvalue weighted by Gasteiger charge is 2.28. The summed E-state index contributed by atoms with van der Waals surface area (Å²) in [5, 5.41) is 2.94. The second-order valence-corrected chi connectivity index (χ2v) is 6.77. The average molecular weight is 349 g/mol. The molecule has 4 nitrogen and oxygen atoms in total. The Labute approximate surface area is 153 Å². The van der Waals surface area contributed by atoms with Crippen molar-refractivity contribution in [3.05, 3.63) is 58.7 Å². The van der Waals surface area contributed by atoms with Crippen LogP contribution in [0.4, 0.5) is 0 Å². The molecule has 0 aromatic heterocycles. The van der Waals surface area contributed by atoms with E-state index in [2.05, 4.69) is 29.6 Å². The zero-order chi connectivity index (χ0) is 18.1. The smallest absolute Gasteiger partial charge is 0.216 e. The predicted molar refractivity (Wildman–Crippen MR) is 102 cm³/mol. The van der Waals surface area contributed by atoms with Gasteiger partial charge in [0.05, 0.1) is 13.7 Å². The maximum Gasteiger partial charge on any atom is 0.216 e. The molecular formula is C22H23NO3. The topological polar surface area (TPSA) is 47.6 Å². The normalized spacial score (nSPS) is 14.7. The highest BCUT2D eigenvalue weighted by Crippen LogP contribution is 2.46. The van der Waals surface area contributed by atoms with Crippen molar-refractivity contribution >= 4 is 17.1 Å². The number of allylic oxidation sites excluding steroid dienone is 1. The van der Waals surface area contributed by atoms with Crippen molar-refractivity contribution in [1.82, 2.24) is 5.32 Å². The van der Waals surface area contributed by atoms with Crippen LogP contribution in [-0.4, -0.2) is 26.2 Å². The molecule has 1 amide bonds. The fourth-order valence-corrected chi connectivity index (χ4v) is 4.02. The number of nitrogens with one attached hydrogen (secondary N) is 1. The van der Waals surface area contributed by atoms with E-state index in [0.29, 0.717) is 6.54 Å². The summed E-state index contributed by atoms with van der Waals surface area (Å²) in [7, 11) is 1.69. The Kier molecular flexibility index (Phi) is 4.41. The summed E-state index contributed by atoms with van der Waals surface area (Å²) in [4.78, 5) is 11.3. The maximum absolute atomic E-state index is 11.3. The third kappa shape index (κ3) is 2.96. The molecule has 0 atom stereocenters. The zero-order valence-corrected chi connectivity index (χ0v) is 15.2. The molecule has 1 aliphatic heterocycles. The van der Waals surface area contributed by atoms with E-state index in [-0.39, 0.29) is 5.91 Å². The summed E-state index contributed by atoms with van der Waals surface area (Å²) >= 11 is 0. The second-order valence-electron chi connectivity index (χ2n) is 6.77. The molecule has 1 aliphatic carbocycles. The van der Waals surface area contributed by atoms with Crippen molar-refractivity contribution in [3.63, 3.8) is 0 Å². The second kappa shape index (κ2) is 6.87. The molecular weight excluding hydrogens is 326 g/mol. The van der Waals surface area contributed by atoms with Crippen molar-refractivity contribution in [2.75, 3.05) is 20.3 Å². The molecule has 0 spiro atoms. The van der Waals surface area contributed by atoms with Gasteiger partial charge in [0.2, 0.25) is 5.91 Å². The number of fused-ring (bicyclic) bond motifs is 3. The van der Waals surface area contributed by atoms with Crippen LogP contribution >= 0.6 is 0 Å². The lowest BCUT2D eigenvalue weighted by Gasteiger charge is -2.13. The molecule has 0 radical (unpaired) electrons. The minimum Gasteiger partial charge on any atom is -0.497 e. The Balaban J connectivity index is 1.79. The Hall–Kier alpha value is -2.75. The van der Waals surface area contributed by atoms with Crippen molar-refractivity contribution in [2.45, 2.75) is 26.2 Å². The van der Waals surface area contributed by atoms with Gasteiger partial charge in [0, 0.05) is 25.5 Å². The van der Waals surface area contributed by atoms with E-state index in [1.807, 2.05) is 12.1 Å². The van der Waals surface area contributed by atoms with E-state index in [1.165, 1.54) is 33.4 Å². The molecule has 4 heteroatoms. The summed E-state index contributed by atoms with van der Waals surface area (Å²) < 4.78 is 11.2. The molecule has 1 heterocycles. The van der Waals surface area contributed by atoms with E-state index in [0.717, 1.165) is 37.4 Å². The molecule has 2 aromatic rings. The van der Waals surface area contributed by atoms with Crippen LogP contribution in [-0.2, 0) is 17.6 Å². The summed E-state index contributed by atoms with van der Waals surface area (Å²) in [6.07, 6.45) is 2.67. The van der Waals surface area contributed by atoms with Crippen molar-refractivity contribution in [3.8, 4) is 11.5 Å². The van der Waals surface area contributed by atoms with Gasteiger partial charge in [0.25, 0.3) is 0 Å². The van der Waals surface area contributed by atoms with E-state index in [1.54, 1.807) is 14.0 Å². The number of methoxy groups -OCH3 is 1. The number of ether oxygens (including phenoxy) is 2. The monoisotopic (exact) mass is 349 g/mol. The first-order valence-electron chi connectivity index (χ1n) is 9.06. The van der Waals surface area contributed by atoms with Gasteiger partial charge >= 0.3 is 0 Å². The van der Waals surface area contributed by atoms with Gasteiger partial charge < -0.3 is 14.8 Å². The highest BCUT2D eigenvalue weighted by molar-refractivity contribution is 5.99. The lowest BCUT2D eigenvalue weighted by Crippen LogP contribution is -2.21. The van der Waals surface area contributed by atoms with Gasteiger partial charge in [-0.3, -0.25) is 4.79 Å². The quantitative estimate of drug-likeness (QED) is 0.897. The fraction of sp³-hybridized carbons (Fsp3) is 0.318. The third-order valence-corrected chi connectivity index (χ3v) is 5.17. The van der Waals surface area contributed by atoms with Crippen LogP contribution in [0, 0.1) is 0 Å². The standard InChI is InChI=1S/C22H23NO3/c1-14(24)23-10-8-18-20(15-4-3-5-17(12-15)25-2)13-16-6-7-21-19(22(16)18)9-11-26-21/h3-7,12H,8-11,13H2,1-2H3,(H,23,24). The van der Waals surface area contributed by atoms with Crippen LogP contribution in [0.1, 0.15) is 35.6 Å². The van der Waals surface area contributed by atoms with E-state index in [4.69, 9.17) is 9.47 Å². The van der Waals surface area contributed by atoms with E-state index < -0.39 is 0 Å². The fourth-order valence-electron chi connectivity index (χ4n) is 4.02. The SMILES string of the molecule is COc1cccc(C2=C(CCNC(C)=O)c3c(ccc4c3CCO4)C2)c1. The summed E-state index contributed by atoms with van der Waals surface area (Å²) in [6, 6.07) is 12.5. The highest BCUT2D eigenvalue weighted by atomic mass is 16.5. The minimum absolute atomic E-state index is 0.00775. The number of benzene rings is 2. The largest absolute Gasteiger partial charge is 0.497 e. The number of carbonyl (C=O) groups is 1. The van der Waals surface area contributed by atoms with Crippen LogP contribution in [0.15, 0.2) is 36.4 Å². The van der Waals surface area contributed by atoms with E-state index >= 15 is 0 Å². The minimum atomic E-state index is 0.00775. The van der Waals surface area contributed by atoms with Crippen LogP contribution in [0.3, 0.4) is 0 Å². The molecule has 0 bridgehead atoms. The number of rotatable bonds is 5. The Bertz CT molecular complexity index is 898. The summed E-state index contributed by atoms with van der Waals surface area (Å²) in [5.74, 6) is 1.88. The lowest BCUT2D eigenvalue weighted by atomic mass is 9.94. The van der Waals surface area contributed by atoms with Gasteiger partial charge in [-0.05, 0) is 58.9 Å². The van der Waals surface area contributed by atoms with Gasteiger partial charge in [-0.25, -0.2) is 0 Å². The Morgan fingerprint density at radius 2 is 2.15 bits per heavy atom. The first kappa shape index (κ1) is 16.7. The summed E-state index contributed by atoms with van der Waals surface area (Å²) in [5.41, 5.74) is 7.84. The number of hydrogen-bond donors (Lipinski definition) is 1. The number of hydrogen-bond acceptors (Lipinski definition) is 3. The van der Waals surface area contributed by atoms with Crippen LogP contribution in [0.2, 0.25) is 0 Å². The molecule has 134 valence electrons. The van der Waals surface area contributed by atoms with Gasteiger partial charge in [0.15, 0.2) is 0 Å². The van der Waals surface area contributed by atoms with Gasteiger partial charge in [-0.15, -0.1) is 0 Å². The maximum atomic E-state index is 11.3. The molecule has 0 fully saturated rings. The molecule has 0 saturated carbocycles. The van der Waals surface area contributed by atoms with Crippen LogP contribution in [0.5, 0.6) is 11.5 Å². The molecule has 26 heavy (non-hydrogen) atoms. The van der Waals surface area contributed by atoms with Gasteiger partial charge in [0.1, 0.15) is 11.5 Å². The predicted octanol–water partition coefficient (Wildman–Crippen LogP) is 3.62. The molecule has 0 unspecified atom stereocenters. The van der Waals surface area contributed by atoms with Gasteiger partial charge in [-0.2, -0.15) is 0 Å². The summed E-state index contributed by atoms with van der Waals surface area (Å²) in [6.45, 7) is 2.95. The van der Waals surface area contributed by atoms with Crippen LogP contribution in [0.25, 0.3) is 11.1 Å². The van der Waals surface area contributed by atoms with Crippen molar-refractivity contribution < 1.29 is 14.3 Å². The molecule has 0 saturated heterocycles. The lowest BCUT2D eigenvalue weighted by molar-refractivity contribution is -0.118. The Morgan fingerprint density at radius 3 is 2.96 bits per heavy atom. The number of carbonyl (C=O) groups excluding carboxylic acids is 1. The first-order chi connectivity index (χ1) is 12.7. The molecule has 1 N–H and O–H groups in total. The van der Waals surface area contributed by atoms with E-state index in [9.17, 15) is 4.79 Å². The van der Waals surface area contributed by atoms with Crippen LogP contribution < -0.4 is 14.8 Å². The number of amides is 1. The van der Waals surface area contributed by atoms with Crippen molar-refractivity contribution in [2.24, 2.45) is 0 Å². The third-order valence-electron chi connectivity index (χ3n) is 5.17. The first-order valence-corrected chi connectivity index (χ1v) is 9.06. The Morgan fingerprint density at radius 1 is 1.27 bits per heavy atom. The molecule has 4 rings (SSSR count). The molecule has 2 aliphatic rings. The molecule has 2 aromatic carbocycles.